The number of para-hydroxylation sites is 1. The highest BCUT2D eigenvalue weighted by molar-refractivity contribution is 5.96. The molecule has 0 aromatic heterocycles. The van der Waals surface area contributed by atoms with E-state index in [-0.39, 0.29) is 5.91 Å². The maximum Gasteiger partial charge on any atom is 0.275 e. The Morgan fingerprint density at radius 3 is 2.67 bits per heavy atom. The number of carbonyl (C=O) groups is 1. The van der Waals surface area contributed by atoms with Crippen LogP contribution in [0.25, 0.3) is 0 Å². The minimum Gasteiger partial charge on any atom is -0.496 e. The Balaban J connectivity index is 2.22. The molecule has 0 spiro atoms. The number of nitrogens with one attached hydrogen (secondary N) is 1. The van der Waals surface area contributed by atoms with Crippen molar-refractivity contribution in [2.75, 3.05) is 7.11 Å². The van der Waals surface area contributed by atoms with Crippen molar-refractivity contribution < 1.29 is 9.53 Å². The lowest BCUT2D eigenvalue weighted by atomic mass is 10.1. The van der Waals surface area contributed by atoms with Crippen molar-refractivity contribution in [2.45, 2.75) is 51.9 Å². The van der Waals surface area contributed by atoms with Gasteiger partial charge in [-0.25, -0.2) is 5.43 Å². The molecule has 1 aromatic rings. The number of hydrogen-bond acceptors (Lipinski definition) is 3. The molecule has 1 rings (SSSR count). The molecule has 0 aliphatic rings. The fourth-order valence-electron chi connectivity index (χ4n) is 2.08. The SMILES string of the molecule is CCCCCCCCC=NNC(=O)c1ccccc1OC. The summed E-state index contributed by atoms with van der Waals surface area (Å²) in [5, 5.41) is 3.98. The molecule has 0 unspecified atom stereocenters. The average molecular weight is 290 g/mol. The summed E-state index contributed by atoms with van der Waals surface area (Å²) in [6.07, 6.45) is 10.2. The van der Waals surface area contributed by atoms with Gasteiger partial charge in [-0.2, -0.15) is 5.10 Å². The van der Waals surface area contributed by atoms with E-state index in [4.69, 9.17) is 4.74 Å². The van der Waals surface area contributed by atoms with Gasteiger partial charge in [0, 0.05) is 6.21 Å². The van der Waals surface area contributed by atoms with Crippen LogP contribution in [0.5, 0.6) is 5.75 Å². The third-order valence-corrected chi connectivity index (χ3v) is 3.30. The van der Waals surface area contributed by atoms with Gasteiger partial charge in [-0.05, 0) is 25.0 Å². The van der Waals surface area contributed by atoms with Crippen LogP contribution in [0.4, 0.5) is 0 Å². The van der Waals surface area contributed by atoms with Gasteiger partial charge in [0.15, 0.2) is 0 Å². The van der Waals surface area contributed by atoms with Crippen molar-refractivity contribution in [2.24, 2.45) is 5.10 Å². The van der Waals surface area contributed by atoms with E-state index in [0.29, 0.717) is 11.3 Å². The molecule has 4 nitrogen and oxygen atoms in total. The number of amides is 1. The third kappa shape index (κ3) is 6.93. The van der Waals surface area contributed by atoms with Crippen molar-refractivity contribution in [1.82, 2.24) is 5.43 Å². The maximum atomic E-state index is 11.9. The molecule has 21 heavy (non-hydrogen) atoms. The van der Waals surface area contributed by atoms with E-state index >= 15 is 0 Å². The van der Waals surface area contributed by atoms with E-state index in [1.54, 1.807) is 31.5 Å². The van der Waals surface area contributed by atoms with Crippen LogP contribution in [0.15, 0.2) is 29.4 Å². The molecule has 1 aromatic carbocycles. The highest BCUT2D eigenvalue weighted by Gasteiger charge is 2.09. The molecule has 0 saturated heterocycles. The number of hydrazone groups is 1. The summed E-state index contributed by atoms with van der Waals surface area (Å²) in [5.41, 5.74) is 3.03. The Bertz CT molecular complexity index is 444. The standard InChI is InChI=1S/C17H26N2O2/c1-3-4-5-6-7-8-11-14-18-19-17(20)15-12-9-10-13-16(15)21-2/h9-10,12-14H,3-8,11H2,1-2H3,(H,19,20). The van der Waals surface area contributed by atoms with E-state index in [0.717, 1.165) is 12.8 Å². The van der Waals surface area contributed by atoms with Gasteiger partial charge in [0.05, 0.1) is 12.7 Å². The first kappa shape index (κ1) is 17.2. The molecule has 0 saturated carbocycles. The minimum atomic E-state index is -0.244. The molecule has 1 amide bonds. The number of hydrogen-bond donors (Lipinski definition) is 1. The minimum absolute atomic E-state index is 0.244. The molecule has 4 heteroatoms. The number of unbranched alkanes of at least 4 members (excludes halogenated alkanes) is 6. The van der Waals surface area contributed by atoms with Gasteiger partial charge in [0.2, 0.25) is 0 Å². The van der Waals surface area contributed by atoms with Crippen LogP contribution >= 0.6 is 0 Å². The smallest absolute Gasteiger partial charge is 0.275 e. The van der Waals surface area contributed by atoms with E-state index in [1.165, 1.54) is 32.1 Å². The molecule has 0 bridgehead atoms. The Kier molecular flexibility index (Phi) is 8.93. The monoisotopic (exact) mass is 290 g/mol. The summed E-state index contributed by atoms with van der Waals surface area (Å²) >= 11 is 0. The highest BCUT2D eigenvalue weighted by Crippen LogP contribution is 2.16. The number of carbonyl (C=O) groups excluding carboxylic acids is 1. The first-order chi connectivity index (χ1) is 10.3. The summed E-state index contributed by atoms with van der Waals surface area (Å²) in [6, 6.07) is 7.11. The fraction of sp³-hybridized carbons (Fsp3) is 0.529. The highest BCUT2D eigenvalue weighted by atomic mass is 16.5. The molecule has 0 atom stereocenters. The van der Waals surface area contributed by atoms with Crippen LogP contribution in [0.1, 0.15) is 62.2 Å². The van der Waals surface area contributed by atoms with Gasteiger partial charge in [-0.1, -0.05) is 51.2 Å². The van der Waals surface area contributed by atoms with Crippen molar-refractivity contribution in [1.29, 1.82) is 0 Å². The zero-order valence-corrected chi connectivity index (χ0v) is 13.1. The Hall–Kier alpha value is -1.84. The summed E-state index contributed by atoms with van der Waals surface area (Å²) in [7, 11) is 1.55. The van der Waals surface area contributed by atoms with Gasteiger partial charge in [0.1, 0.15) is 5.75 Å². The number of rotatable bonds is 10. The molecule has 0 radical (unpaired) electrons. The van der Waals surface area contributed by atoms with Crippen LogP contribution in [0.3, 0.4) is 0 Å². The molecule has 0 heterocycles. The van der Waals surface area contributed by atoms with Gasteiger partial charge >= 0.3 is 0 Å². The number of methoxy groups -OCH3 is 1. The summed E-state index contributed by atoms with van der Waals surface area (Å²) in [5.74, 6) is 0.313. The quantitative estimate of drug-likeness (QED) is 0.399. The second-order valence-corrected chi connectivity index (χ2v) is 5.01. The second-order valence-electron chi connectivity index (χ2n) is 5.01. The molecular formula is C17H26N2O2. The Morgan fingerprint density at radius 2 is 1.90 bits per heavy atom. The lowest BCUT2D eigenvalue weighted by Gasteiger charge is -2.05. The molecular weight excluding hydrogens is 264 g/mol. The van der Waals surface area contributed by atoms with Crippen LogP contribution in [0, 0.1) is 0 Å². The molecule has 116 valence electrons. The predicted octanol–water partition coefficient (Wildman–Crippen LogP) is 4.16. The maximum absolute atomic E-state index is 11.9. The van der Waals surface area contributed by atoms with E-state index < -0.39 is 0 Å². The fourth-order valence-corrected chi connectivity index (χ4v) is 2.08. The first-order valence-corrected chi connectivity index (χ1v) is 7.74. The predicted molar refractivity (Wildman–Crippen MR) is 86.9 cm³/mol. The van der Waals surface area contributed by atoms with Gasteiger partial charge < -0.3 is 4.74 Å². The second kappa shape index (κ2) is 10.9. The molecule has 1 N–H and O–H groups in total. The number of benzene rings is 1. The molecule has 0 aliphatic carbocycles. The first-order valence-electron chi connectivity index (χ1n) is 7.74. The van der Waals surface area contributed by atoms with Crippen molar-refractivity contribution >= 4 is 12.1 Å². The number of ether oxygens (including phenoxy) is 1. The average Bonchev–Trinajstić information content (AvgIpc) is 2.53. The molecule has 0 aliphatic heterocycles. The van der Waals surface area contributed by atoms with Crippen molar-refractivity contribution in [3.63, 3.8) is 0 Å². The topological polar surface area (TPSA) is 50.7 Å². The zero-order valence-electron chi connectivity index (χ0n) is 13.1. The van der Waals surface area contributed by atoms with Gasteiger partial charge in [-0.3, -0.25) is 4.79 Å². The summed E-state index contributed by atoms with van der Waals surface area (Å²) in [6.45, 7) is 2.22. The van der Waals surface area contributed by atoms with Crippen molar-refractivity contribution in [3.8, 4) is 5.75 Å². The Morgan fingerprint density at radius 1 is 1.19 bits per heavy atom. The molecule has 0 fully saturated rings. The van der Waals surface area contributed by atoms with E-state index in [2.05, 4.69) is 17.5 Å². The van der Waals surface area contributed by atoms with Gasteiger partial charge in [0.25, 0.3) is 5.91 Å². The van der Waals surface area contributed by atoms with E-state index in [1.807, 2.05) is 6.07 Å². The summed E-state index contributed by atoms with van der Waals surface area (Å²) in [4.78, 5) is 11.9. The van der Waals surface area contributed by atoms with Crippen LogP contribution in [-0.2, 0) is 0 Å². The van der Waals surface area contributed by atoms with Crippen LogP contribution in [0.2, 0.25) is 0 Å². The van der Waals surface area contributed by atoms with E-state index in [9.17, 15) is 4.79 Å². The van der Waals surface area contributed by atoms with Crippen LogP contribution < -0.4 is 10.2 Å². The zero-order chi connectivity index (χ0) is 15.3. The van der Waals surface area contributed by atoms with Gasteiger partial charge in [-0.15, -0.1) is 0 Å². The Labute approximate surface area is 127 Å². The normalized spacial score (nSPS) is 10.8. The third-order valence-electron chi connectivity index (χ3n) is 3.30. The lowest BCUT2D eigenvalue weighted by Crippen LogP contribution is -2.18. The lowest BCUT2D eigenvalue weighted by molar-refractivity contribution is 0.0952. The number of nitrogens with zero attached hydrogens (tertiary/aromatic N) is 1. The summed E-state index contributed by atoms with van der Waals surface area (Å²) < 4.78 is 5.15. The van der Waals surface area contributed by atoms with Crippen LogP contribution in [-0.4, -0.2) is 19.2 Å². The largest absolute Gasteiger partial charge is 0.496 e. The van der Waals surface area contributed by atoms with Crippen molar-refractivity contribution in [3.05, 3.63) is 29.8 Å².